The Morgan fingerprint density at radius 2 is 2.23 bits per heavy atom. The molecule has 0 amide bonds. The third kappa shape index (κ3) is 2.75. The van der Waals surface area contributed by atoms with Crippen LogP contribution in [0.2, 0.25) is 5.15 Å². The van der Waals surface area contributed by atoms with Gasteiger partial charge in [-0.3, -0.25) is 0 Å². The second-order valence-corrected chi connectivity index (χ2v) is 3.91. The third-order valence-corrected chi connectivity index (χ3v) is 2.38. The minimum atomic E-state index is 0.441. The summed E-state index contributed by atoms with van der Waals surface area (Å²) < 4.78 is 2.09. The first kappa shape index (κ1) is 10.6. The van der Waals surface area contributed by atoms with E-state index in [9.17, 15) is 0 Å². The summed E-state index contributed by atoms with van der Waals surface area (Å²) in [4.78, 5) is 0. The largest absolute Gasteiger partial charge is 0.336 e. The molecule has 0 atom stereocenters. The van der Waals surface area contributed by atoms with Gasteiger partial charge in [0, 0.05) is 12.2 Å². The molecule has 0 aliphatic rings. The molecule has 0 aromatic carbocycles. The van der Waals surface area contributed by atoms with Crippen LogP contribution in [0, 0.1) is 0 Å². The summed E-state index contributed by atoms with van der Waals surface area (Å²) >= 11 is 6.06. The predicted molar refractivity (Wildman–Crippen MR) is 57.5 cm³/mol. The zero-order chi connectivity index (χ0) is 9.84. The van der Waals surface area contributed by atoms with Crippen LogP contribution in [0.3, 0.4) is 0 Å². The summed E-state index contributed by atoms with van der Waals surface area (Å²) in [7, 11) is 1.96. The zero-order valence-corrected chi connectivity index (χ0v) is 9.23. The molecule has 0 radical (unpaired) electrons. The number of aromatic nitrogens is 1. The molecule has 0 bridgehead atoms. The van der Waals surface area contributed by atoms with Gasteiger partial charge in [0.05, 0.1) is 0 Å². The first-order valence-electron chi connectivity index (χ1n) is 4.66. The van der Waals surface area contributed by atoms with Crippen LogP contribution < -0.4 is 5.32 Å². The molecular weight excluding hydrogens is 184 g/mol. The summed E-state index contributed by atoms with van der Waals surface area (Å²) in [5.74, 6) is 0. The summed E-state index contributed by atoms with van der Waals surface area (Å²) in [6.07, 6.45) is 3.17. The van der Waals surface area contributed by atoms with Crippen molar-refractivity contribution in [2.24, 2.45) is 0 Å². The van der Waals surface area contributed by atoms with E-state index in [0.29, 0.717) is 6.04 Å². The molecule has 1 aromatic rings. The summed E-state index contributed by atoms with van der Waals surface area (Å²) in [6, 6.07) is 2.48. The van der Waals surface area contributed by atoms with Gasteiger partial charge in [0.15, 0.2) is 0 Å². The van der Waals surface area contributed by atoms with Crippen molar-refractivity contribution in [1.82, 2.24) is 9.88 Å². The standard InChI is InChI=1S/C10H17ClN2/c1-8(2)13-7-9(4-5-12-3)6-10(13)11/h6-8,12H,4-5H2,1-3H3. The molecule has 74 valence electrons. The molecule has 1 heterocycles. The molecule has 0 aliphatic carbocycles. The topological polar surface area (TPSA) is 17.0 Å². The maximum Gasteiger partial charge on any atom is 0.109 e. The molecule has 0 saturated carbocycles. The number of rotatable bonds is 4. The Kier molecular flexibility index (Phi) is 3.82. The normalized spacial score (nSPS) is 11.2. The summed E-state index contributed by atoms with van der Waals surface area (Å²) in [5.41, 5.74) is 1.30. The molecular formula is C10H17ClN2. The van der Waals surface area contributed by atoms with Crippen LogP contribution >= 0.6 is 11.6 Å². The van der Waals surface area contributed by atoms with Gasteiger partial charge >= 0.3 is 0 Å². The molecule has 1 rings (SSSR count). The van der Waals surface area contributed by atoms with Crippen molar-refractivity contribution < 1.29 is 0 Å². The van der Waals surface area contributed by atoms with Gasteiger partial charge < -0.3 is 9.88 Å². The smallest absolute Gasteiger partial charge is 0.109 e. The van der Waals surface area contributed by atoms with Crippen molar-refractivity contribution in [1.29, 1.82) is 0 Å². The van der Waals surface area contributed by atoms with Crippen molar-refractivity contribution in [3.63, 3.8) is 0 Å². The fourth-order valence-corrected chi connectivity index (χ4v) is 1.69. The van der Waals surface area contributed by atoms with Gasteiger partial charge in [-0.05, 0) is 45.5 Å². The second-order valence-electron chi connectivity index (χ2n) is 3.53. The molecule has 1 N–H and O–H groups in total. The van der Waals surface area contributed by atoms with Crippen molar-refractivity contribution in [2.75, 3.05) is 13.6 Å². The van der Waals surface area contributed by atoms with Crippen molar-refractivity contribution in [3.05, 3.63) is 23.0 Å². The molecule has 0 spiro atoms. The van der Waals surface area contributed by atoms with E-state index < -0.39 is 0 Å². The highest BCUT2D eigenvalue weighted by Crippen LogP contribution is 2.19. The van der Waals surface area contributed by atoms with E-state index >= 15 is 0 Å². The van der Waals surface area contributed by atoms with Gasteiger partial charge in [-0.2, -0.15) is 0 Å². The molecule has 0 unspecified atom stereocenters. The highest BCUT2D eigenvalue weighted by molar-refractivity contribution is 6.29. The number of nitrogens with one attached hydrogen (secondary N) is 1. The SMILES string of the molecule is CNCCc1cc(Cl)n(C(C)C)c1. The lowest BCUT2D eigenvalue weighted by Gasteiger charge is -2.07. The Hall–Kier alpha value is -0.470. The fourth-order valence-electron chi connectivity index (χ4n) is 1.31. The van der Waals surface area contributed by atoms with Crippen molar-refractivity contribution >= 4 is 11.6 Å². The lowest BCUT2D eigenvalue weighted by Crippen LogP contribution is -2.09. The molecule has 0 aliphatic heterocycles. The molecule has 1 aromatic heterocycles. The van der Waals surface area contributed by atoms with Crippen molar-refractivity contribution in [3.8, 4) is 0 Å². The van der Waals surface area contributed by atoms with Crippen molar-refractivity contribution in [2.45, 2.75) is 26.3 Å². The lowest BCUT2D eigenvalue weighted by molar-refractivity contribution is 0.602. The van der Waals surface area contributed by atoms with Gasteiger partial charge in [-0.15, -0.1) is 0 Å². The minimum absolute atomic E-state index is 0.441. The molecule has 13 heavy (non-hydrogen) atoms. The Bertz CT molecular complexity index is 266. The maximum atomic E-state index is 6.06. The van der Waals surface area contributed by atoms with Gasteiger partial charge in [0.1, 0.15) is 5.15 Å². The number of halogens is 1. The average molecular weight is 201 g/mol. The zero-order valence-electron chi connectivity index (χ0n) is 8.47. The highest BCUT2D eigenvalue weighted by atomic mass is 35.5. The Morgan fingerprint density at radius 3 is 2.69 bits per heavy atom. The second kappa shape index (κ2) is 4.68. The van der Waals surface area contributed by atoms with E-state index in [1.807, 2.05) is 13.1 Å². The molecule has 0 saturated heterocycles. The summed E-state index contributed by atoms with van der Waals surface area (Å²) in [5, 5.41) is 3.96. The van der Waals surface area contributed by atoms with E-state index in [0.717, 1.165) is 18.1 Å². The Balaban J connectivity index is 2.71. The monoisotopic (exact) mass is 200 g/mol. The number of nitrogens with zero attached hydrogens (tertiary/aromatic N) is 1. The van der Waals surface area contributed by atoms with Gasteiger partial charge in [-0.1, -0.05) is 11.6 Å². The third-order valence-electron chi connectivity index (χ3n) is 2.08. The van der Waals surface area contributed by atoms with E-state index in [4.69, 9.17) is 11.6 Å². The molecule has 0 fully saturated rings. The molecule has 2 nitrogen and oxygen atoms in total. The van der Waals surface area contributed by atoms with Gasteiger partial charge in [0.2, 0.25) is 0 Å². The minimum Gasteiger partial charge on any atom is -0.336 e. The molecule has 3 heteroatoms. The van der Waals surface area contributed by atoms with Gasteiger partial charge in [0.25, 0.3) is 0 Å². The lowest BCUT2D eigenvalue weighted by atomic mass is 10.2. The number of hydrogen-bond acceptors (Lipinski definition) is 1. The van der Waals surface area contributed by atoms with Crippen LogP contribution in [0.4, 0.5) is 0 Å². The van der Waals surface area contributed by atoms with Crippen LogP contribution in [0.25, 0.3) is 0 Å². The maximum absolute atomic E-state index is 6.06. The fraction of sp³-hybridized carbons (Fsp3) is 0.600. The average Bonchev–Trinajstić information content (AvgIpc) is 2.43. The van der Waals surface area contributed by atoms with E-state index in [2.05, 4.69) is 29.9 Å². The van der Waals surface area contributed by atoms with Gasteiger partial charge in [-0.25, -0.2) is 0 Å². The quantitative estimate of drug-likeness (QED) is 0.791. The Morgan fingerprint density at radius 1 is 1.54 bits per heavy atom. The highest BCUT2D eigenvalue weighted by Gasteiger charge is 2.05. The van der Waals surface area contributed by atoms with Crippen LogP contribution in [-0.4, -0.2) is 18.2 Å². The van der Waals surface area contributed by atoms with E-state index in [1.165, 1.54) is 5.56 Å². The van der Waals surface area contributed by atoms with Crippen LogP contribution in [0.1, 0.15) is 25.5 Å². The number of likely N-dealkylation sites (N-methyl/N-ethyl adjacent to an activating group) is 1. The van der Waals surface area contributed by atoms with Crippen LogP contribution in [-0.2, 0) is 6.42 Å². The van der Waals surface area contributed by atoms with Crippen LogP contribution in [0.5, 0.6) is 0 Å². The number of hydrogen-bond donors (Lipinski definition) is 1. The predicted octanol–water partition coefficient (Wildman–Crippen LogP) is 2.48. The Labute approximate surface area is 84.9 Å². The van der Waals surface area contributed by atoms with E-state index in [1.54, 1.807) is 0 Å². The summed E-state index contributed by atoms with van der Waals surface area (Å²) in [6.45, 7) is 5.26. The van der Waals surface area contributed by atoms with Crippen LogP contribution in [0.15, 0.2) is 12.3 Å². The first-order valence-corrected chi connectivity index (χ1v) is 5.03. The first-order chi connectivity index (χ1) is 6.15. The van der Waals surface area contributed by atoms with E-state index in [-0.39, 0.29) is 0 Å².